The second kappa shape index (κ2) is 9.59. The first-order valence-corrected chi connectivity index (χ1v) is 9.81. The van der Waals surface area contributed by atoms with Gasteiger partial charge in [-0.05, 0) is 48.4 Å². The van der Waals surface area contributed by atoms with Gasteiger partial charge in [-0.2, -0.15) is 0 Å². The summed E-state index contributed by atoms with van der Waals surface area (Å²) in [5.74, 6) is -0.169. The molecule has 2 atom stereocenters. The summed E-state index contributed by atoms with van der Waals surface area (Å²) in [5.41, 5.74) is 3.22. The first kappa shape index (κ1) is 20.2. The van der Waals surface area contributed by atoms with Crippen LogP contribution < -0.4 is 10.6 Å². The maximum absolute atomic E-state index is 12.2. The zero-order valence-electron chi connectivity index (χ0n) is 15.5. The van der Waals surface area contributed by atoms with Crippen molar-refractivity contribution in [1.82, 2.24) is 10.3 Å². The van der Waals surface area contributed by atoms with Gasteiger partial charge in [-0.3, -0.25) is 9.78 Å². The van der Waals surface area contributed by atoms with E-state index in [1.165, 1.54) is 0 Å². The molecule has 0 bridgehead atoms. The van der Waals surface area contributed by atoms with Gasteiger partial charge in [0, 0.05) is 40.7 Å². The molecule has 0 spiro atoms. The number of benzene rings is 2. The second-order valence-electron chi connectivity index (χ2n) is 6.48. The summed E-state index contributed by atoms with van der Waals surface area (Å²) in [6.07, 6.45) is 2.58. The van der Waals surface area contributed by atoms with E-state index in [1.54, 1.807) is 24.5 Å². The minimum Gasteiger partial charge on any atom is -0.387 e. The summed E-state index contributed by atoms with van der Waals surface area (Å²) in [5, 5.41) is 16.6. The molecule has 2 unspecified atom stereocenters. The maximum atomic E-state index is 12.2. The van der Waals surface area contributed by atoms with E-state index < -0.39 is 6.10 Å². The number of aliphatic hydroxyl groups excluding tert-OH is 1. The van der Waals surface area contributed by atoms with E-state index in [2.05, 4.69) is 31.5 Å². The summed E-state index contributed by atoms with van der Waals surface area (Å²) in [6.45, 7) is 2.47. The normalized spacial score (nSPS) is 13.0. The molecule has 1 amide bonds. The van der Waals surface area contributed by atoms with Crippen molar-refractivity contribution in [3.63, 3.8) is 0 Å². The van der Waals surface area contributed by atoms with E-state index in [9.17, 15) is 9.90 Å². The predicted molar refractivity (Wildman–Crippen MR) is 114 cm³/mol. The smallest absolute Gasteiger partial charge is 0.255 e. The van der Waals surface area contributed by atoms with Crippen LogP contribution >= 0.6 is 15.9 Å². The topological polar surface area (TPSA) is 74.2 Å². The van der Waals surface area contributed by atoms with Crippen LogP contribution in [0.4, 0.5) is 5.69 Å². The van der Waals surface area contributed by atoms with Crippen LogP contribution in [0.1, 0.15) is 40.6 Å². The van der Waals surface area contributed by atoms with E-state index in [0.717, 1.165) is 21.3 Å². The third kappa shape index (κ3) is 5.25. The van der Waals surface area contributed by atoms with Gasteiger partial charge in [-0.25, -0.2) is 0 Å². The largest absolute Gasteiger partial charge is 0.387 e. The van der Waals surface area contributed by atoms with Crippen molar-refractivity contribution in [1.29, 1.82) is 0 Å². The number of aliphatic hydroxyl groups is 1. The molecule has 2 aromatic carbocycles. The van der Waals surface area contributed by atoms with Crippen LogP contribution in [0.3, 0.4) is 0 Å². The van der Waals surface area contributed by atoms with Crippen LogP contribution in [0.25, 0.3) is 0 Å². The van der Waals surface area contributed by atoms with Crippen LogP contribution in [0, 0.1) is 0 Å². The van der Waals surface area contributed by atoms with Crippen LogP contribution in [-0.2, 0) is 0 Å². The zero-order valence-corrected chi connectivity index (χ0v) is 17.1. The lowest BCUT2D eigenvalue weighted by atomic mass is 10.1. The zero-order chi connectivity index (χ0) is 19.9. The highest BCUT2D eigenvalue weighted by Gasteiger charge is 2.13. The number of hydrogen-bond donors (Lipinski definition) is 3. The van der Waals surface area contributed by atoms with Crippen molar-refractivity contribution >= 4 is 27.5 Å². The molecule has 0 saturated carbocycles. The van der Waals surface area contributed by atoms with Gasteiger partial charge in [0.1, 0.15) is 0 Å². The van der Waals surface area contributed by atoms with Crippen molar-refractivity contribution in [2.75, 3.05) is 11.9 Å². The third-order valence-corrected chi connectivity index (χ3v) is 5.21. The molecule has 0 radical (unpaired) electrons. The summed E-state index contributed by atoms with van der Waals surface area (Å²) in [7, 11) is 0. The van der Waals surface area contributed by atoms with Crippen LogP contribution in [0.15, 0.2) is 77.5 Å². The van der Waals surface area contributed by atoms with Gasteiger partial charge < -0.3 is 15.7 Å². The number of pyridine rings is 1. The van der Waals surface area contributed by atoms with E-state index >= 15 is 0 Å². The molecule has 6 heteroatoms. The summed E-state index contributed by atoms with van der Waals surface area (Å²) >= 11 is 3.47. The monoisotopic (exact) mass is 439 g/mol. The van der Waals surface area contributed by atoms with Crippen LogP contribution in [0.5, 0.6) is 0 Å². The molecule has 3 N–H and O–H groups in total. The fourth-order valence-electron chi connectivity index (χ4n) is 2.82. The van der Waals surface area contributed by atoms with Gasteiger partial charge in [0.2, 0.25) is 0 Å². The minimum atomic E-state index is -0.600. The summed E-state index contributed by atoms with van der Waals surface area (Å²) in [6, 6.07) is 18.7. The number of aromatic nitrogens is 1. The Bertz CT molecular complexity index is 917. The number of nitrogens with zero attached hydrogens (tertiary/aromatic N) is 1. The number of hydrogen-bond acceptors (Lipinski definition) is 4. The fraction of sp³-hybridized carbons (Fsp3) is 0.182. The van der Waals surface area contributed by atoms with Gasteiger partial charge >= 0.3 is 0 Å². The maximum Gasteiger partial charge on any atom is 0.255 e. The van der Waals surface area contributed by atoms with Crippen molar-refractivity contribution < 1.29 is 9.90 Å². The van der Waals surface area contributed by atoms with Crippen molar-refractivity contribution in [3.8, 4) is 0 Å². The molecule has 144 valence electrons. The fourth-order valence-corrected chi connectivity index (χ4v) is 3.37. The highest BCUT2D eigenvalue weighted by atomic mass is 79.9. The van der Waals surface area contributed by atoms with Crippen molar-refractivity contribution in [2.24, 2.45) is 0 Å². The molecule has 1 heterocycles. The molecule has 3 rings (SSSR count). The van der Waals surface area contributed by atoms with Crippen molar-refractivity contribution in [3.05, 3.63) is 94.2 Å². The first-order valence-electron chi connectivity index (χ1n) is 9.02. The number of rotatable bonds is 7. The Morgan fingerprint density at radius 1 is 1.07 bits per heavy atom. The van der Waals surface area contributed by atoms with Gasteiger partial charge in [0.15, 0.2) is 0 Å². The average Bonchev–Trinajstić information content (AvgIpc) is 2.73. The van der Waals surface area contributed by atoms with Gasteiger partial charge in [-0.1, -0.05) is 46.3 Å². The molecular weight excluding hydrogens is 418 g/mol. The third-order valence-electron chi connectivity index (χ3n) is 4.49. The Morgan fingerprint density at radius 3 is 2.43 bits per heavy atom. The van der Waals surface area contributed by atoms with E-state index in [1.807, 2.05) is 55.5 Å². The average molecular weight is 440 g/mol. The lowest BCUT2D eigenvalue weighted by Crippen LogP contribution is -2.24. The van der Waals surface area contributed by atoms with Crippen molar-refractivity contribution in [2.45, 2.75) is 19.1 Å². The highest BCUT2D eigenvalue weighted by molar-refractivity contribution is 9.10. The Kier molecular flexibility index (Phi) is 6.92. The minimum absolute atomic E-state index is 0.0575. The standard InChI is InChI=1S/C22H22BrN3O2/c1-15(25-14-21(27)19-4-2-3-5-20(19)23)16-6-8-18(9-7-16)26-22(28)17-10-12-24-13-11-17/h2-13,15,21,25,27H,14H2,1H3,(H,26,28). The Balaban J connectivity index is 1.55. The molecule has 0 fully saturated rings. The molecule has 0 aliphatic heterocycles. The van der Waals surface area contributed by atoms with Gasteiger partial charge in [0.05, 0.1) is 6.10 Å². The molecule has 0 aliphatic carbocycles. The number of anilines is 1. The molecule has 1 aromatic heterocycles. The Hall–Kier alpha value is -2.54. The number of nitrogens with one attached hydrogen (secondary N) is 2. The lowest BCUT2D eigenvalue weighted by Gasteiger charge is -2.19. The van der Waals surface area contributed by atoms with Crippen LogP contribution in [-0.4, -0.2) is 22.5 Å². The Labute approximate surface area is 173 Å². The summed E-state index contributed by atoms with van der Waals surface area (Å²) in [4.78, 5) is 16.1. The number of carbonyl (C=O) groups is 1. The SMILES string of the molecule is CC(NCC(O)c1ccccc1Br)c1ccc(NC(=O)c2ccncc2)cc1. The number of amides is 1. The molecule has 28 heavy (non-hydrogen) atoms. The van der Waals surface area contributed by atoms with Gasteiger partial charge in [0.25, 0.3) is 5.91 Å². The molecule has 5 nitrogen and oxygen atoms in total. The number of carbonyl (C=O) groups excluding carboxylic acids is 1. The summed E-state index contributed by atoms with van der Waals surface area (Å²) < 4.78 is 0.895. The first-order chi connectivity index (χ1) is 13.5. The van der Waals surface area contributed by atoms with E-state index in [-0.39, 0.29) is 11.9 Å². The molecular formula is C22H22BrN3O2. The molecule has 0 saturated heterocycles. The quantitative estimate of drug-likeness (QED) is 0.507. The van der Waals surface area contributed by atoms with E-state index in [4.69, 9.17) is 0 Å². The predicted octanol–water partition coefficient (Wildman–Crippen LogP) is 4.48. The van der Waals surface area contributed by atoms with Gasteiger partial charge in [-0.15, -0.1) is 0 Å². The van der Waals surface area contributed by atoms with E-state index in [0.29, 0.717) is 12.1 Å². The second-order valence-corrected chi connectivity index (χ2v) is 7.33. The van der Waals surface area contributed by atoms with Crippen LogP contribution in [0.2, 0.25) is 0 Å². The number of halogens is 1. The molecule has 0 aliphatic rings. The lowest BCUT2D eigenvalue weighted by molar-refractivity contribution is 0.102. The molecule has 3 aromatic rings. The Morgan fingerprint density at radius 2 is 1.75 bits per heavy atom. The highest BCUT2D eigenvalue weighted by Crippen LogP contribution is 2.23.